The van der Waals surface area contributed by atoms with Crippen molar-refractivity contribution in [2.45, 2.75) is 0 Å². The van der Waals surface area contributed by atoms with E-state index in [1.165, 1.54) is 0 Å². The SMILES string of the molecule is Brc1cccc2noc(Br)c12. The molecule has 0 atom stereocenters. The average Bonchev–Trinajstić information content (AvgIpc) is 2.34. The zero-order chi connectivity index (χ0) is 7.84. The van der Waals surface area contributed by atoms with Crippen LogP contribution in [-0.2, 0) is 0 Å². The number of aromatic nitrogens is 1. The third-order valence-corrected chi connectivity index (χ3v) is 2.61. The van der Waals surface area contributed by atoms with E-state index in [0.717, 1.165) is 15.4 Å². The molecule has 1 heterocycles. The van der Waals surface area contributed by atoms with Crippen LogP contribution in [0.1, 0.15) is 0 Å². The lowest BCUT2D eigenvalue weighted by molar-refractivity contribution is 0.408. The molecular formula is C7H3Br2NO. The Bertz CT molecular complexity index is 396. The lowest BCUT2D eigenvalue weighted by atomic mass is 10.3. The average molecular weight is 277 g/mol. The molecule has 0 N–H and O–H groups in total. The summed E-state index contributed by atoms with van der Waals surface area (Å²) in [7, 11) is 0. The maximum atomic E-state index is 4.93. The van der Waals surface area contributed by atoms with Crippen LogP contribution in [0.2, 0.25) is 0 Å². The van der Waals surface area contributed by atoms with E-state index in [1.807, 2.05) is 18.2 Å². The van der Waals surface area contributed by atoms with Gasteiger partial charge in [-0.3, -0.25) is 0 Å². The smallest absolute Gasteiger partial charge is 0.210 e. The van der Waals surface area contributed by atoms with Crippen molar-refractivity contribution in [2.24, 2.45) is 0 Å². The Kier molecular flexibility index (Phi) is 1.73. The molecule has 0 spiro atoms. The molecule has 0 aliphatic rings. The Morgan fingerprint density at radius 1 is 1.27 bits per heavy atom. The van der Waals surface area contributed by atoms with Crippen molar-refractivity contribution in [3.05, 3.63) is 27.3 Å². The molecular weight excluding hydrogens is 274 g/mol. The molecule has 0 amide bonds. The van der Waals surface area contributed by atoms with Crippen LogP contribution in [0.25, 0.3) is 10.9 Å². The van der Waals surface area contributed by atoms with E-state index in [0.29, 0.717) is 4.67 Å². The number of rotatable bonds is 0. The molecule has 1 aromatic carbocycles. The molecule has 0 aliphatic heterocycles. The fourth-order valence-electron chi connectivity index (χ4n) is 0.918. The second kappa shape index (κ2) is 2.60. The van der Waals surface area contributed by atoms with E-state index in [4.69, 9.17) is 4.52 Å². The molecule has 2 nitrogen and oxygen atoms in total. The predicted molar refractivity (Wildman–Crippen MR) is 49.4 cm³/mol. The Morgan fingerprint density at radius 2 is 2.09 bits per heavy atom. The van der Waals surface area contributed by atoms with Gasteiger partial charge in [0.2, 0.25) is 4.67 Å². The van der Waals surface area contributed by atoms with Gasteiger partial charge in [0.1, 0.15) is 5.52 Å². The summed E-state index contributed by atoms with van der Waals surface area (Å²) < 4.78 is 6.59. The van der Waals surface area contributed by atoms with Crippen molar-refractivity contribution >= 4 is 42.8 Å². The zero-order valence-electron chi connectivity index (χ0n) is 5.34. The van der Waals surface area contributed by atoms with Gasteiger partial charge in [-0.05, 0) is 44.0 Å². The normalized spacial score (nSPS) is 10.7. The van der Waals surface area contributed by atoms with Crippen LogP contribution >= 0.6 is 31.9 Å². The quantitative estimate of drug-likeness (QED) is 0.738. The third-order valence-electron chi connectivity index (χ3n) is 1.41. The molecule has 0 radical (unpaired) electrons. The predicted octanol–water partition coefficient (Wildman–Crippen LogP) is 3.35. The lowest BCUT2D eigenvalue weighted by Crippen LogP contribution is -1.68. The van der Waals surface area contributed by atoms with Crippen molar-refractivity contribution in [3.8, 4) is 0 Å². The van der Waals surface area contributed by atoms with Crippen molar-refractivity contribution in [3.63, 3.8) is 0 Å². The standard InChI is InChI=1S/C7H3Br2NO/c8-4-2-1-3-5-6(4)7(9)11-10-5/h1-3H. The van der Waals surface area contributed by atoms with Crippen LogP contribution < -0.4 is 0 Å². The molecule has 0 aliphatic carbocycles. The molecule has 0 bridgehead atoms. The molecule has 0 saturated carbocycles. The van der Waals surface area contributed by atoms with Crippen molar-refractivity contribution in [1.82, 2.24) is 5.16 Å². The lowest BCUT2D eigenvalue weighted by Gasteiger charge is -1.88. The second-order valence-electron chi connectivity index (χ2n) is 2.09. The van der Waals surface area contributed by atoms with E-state index >= 15 is 0 Å². The van der Waals surface area contributed by atoms with E-state index in [1.54, 1.807) is 0 Å². The van der Waals surface area contributed by atoms with E-state index in [2.05, 4.69) is 37.0 Å². The number of hydrogen-bond donors (Lipinski definition) is 0. The van der Waals surface area contributed by atoms with E-state index in [9.17, 15) is 0 Å². The third kappa shape index (κ3) is 1.10. The van der Waals surface area contributed by atoms with Crippen LogP contribution in [0.15, 0.2) is 31.9 Å². The zero-order valence-corrected chi connectivity index (χ0v) is 8.52. The molecule has 56 valence electrons. The molecule has 2 rings (SSSR count). The van der Waals surface area contributed by atoms with Crippen LogP contribution in [0.5, 0.6) is 0 Å². The first-order chi connectivity index (χ1) is 5.29. The summed E-state index contributed by atoms with van der Waals surface area (Å²) in [5, 5.41) is 4.81. The minimum Gasteiger partial charge on any atom is -0.348 e. The summed E-state index contributed by atoms with van der Waals surface area (Å²) in [6, 6.07) is 5.76. The molecule has 0 fully saturated rings. The van der Waals surface area contributed by atoms with Crippen LogP contribution in [0.4, 0.5) is 0 Å². The minimum absolute atomic E-state index is 0.667. The topological polar surface area (TPSA) is 26.0 Å². The van der Waals surface area contributed by atoms with Gasteiger partial charge in [-0.15, -0.1) is 0 Å². The highest BCUT2D eigenvalue weighted by molar-refractivity contribution is 9.11. The Labute approximate surface area is 79.8 Å². The van der Waals surface area contributed by atoms with Crippen LogP contribution in [0, 0.1) is 0 Å². The molecule has 4 heteroatoms. The first-order valence-electron chi connectivity index (χ1n) is 2.98. The van der Waals surface area contributed by atoms with Gasteiger partial charge in [-0.1, -0.05) is 11.2 Å². The highest BCUT2D eigenvalue weighted by atomic mass is 79.9. The molecule has 1 aromatic heterocycles. The summed E-state index contributed by atoms with van der Waals surface area (Å²) in [6.07, 6.45) is 0. The Morgan fingerprint density at radius 3 is 2.82 bits per heavy atom. The number of benzene rings is 1. The highest BCUT2D eigenvalue weighted by Gasteiger charge is 2.06. The fourth-order valence-corrected chi connectivity index (χ4v) is 2.21. The van der Waals surface area contributed by atoms with Gasteiger partial charge in [0.05, 0.1) is 5.39 Å². The van der Waals surface area contributed by atoms with Gasteiger partial charge in [0, 0.05) is 4.47 Å². The van der Waals surface area contributed by atoms with Crippen molar-refractivity contribution < 1.29 is 4.52 Å². The first-order valence-corrected chi connectivity index (χ1v) is 4.57. The maximum Gasteiger partial charge on any atom is 0.210 e. The molecule has 11 heavy (non-hydrogen) atoms. The molecule has 0 unspecified atom stereocenters. The second-order valence-corrected chi connectivity index (χ2v) is 3.66. The molecule has 2 aromatic rings. The molecule has 0 saturated heterocycles. The van der Waals surface area contributed by atoms with Crippen LogP contribution in [0.3, 0.4) is 0 Å². The highest BCUT2D eigenvalue weighted by Crippen LogP contribution is 2.29. The van der Waals surface area contributed by atoms with Gasteiger partial charge in [-0.25, -0.2) is 0 Å². The minimum atomic E-state index is 0.667. The van der Waals surface area contributed by atoms with E-state index < -0.39 is 0 Å². The van der Waals surface area contributed by atoms with E-state index in [-0.39, 0.29) is 0 Å². The number of halogens is 2. The van der Waals surface area contributed by atoms with Crippen molar-refractivity contribution in [1.29, 1.82) is 0 Å². The van der Waals surface area contributed by atoms with Gasteiger partial charge in [0.15, 0.2) is 0 Å². The van der Waals surface area contributed by atoms with Crippen molar-refractivity contribution in [2.75, 3.05) is 0 Å². The number of hydrogen-bond acceptors (Lipinski definition) is 2. The van der Waals surface area contributed by atoms with Gasteiger partial charge < -0.3 is 4.52 Å². The Hall–Kier alpha value is -0.350. The summed E-state index contributed by atoms with van der Waals surface area (Å²) in [5.41, 5.74) is 0.853. The van der Waals surface area contributed by atoms with Gasteiger partial charge in [-0.2, -0.15) is 0 Å². The first kappa shape index (κ1) is 7.31. The number of fused-ring (bicyclic) bond motifs is 1. The summed E-state index contributed by atoms with van der Waals surface area (Å²) in [6.45, 7) is 0. The number of nitrogens with zero attached hydrogens (tertiary/aromatic N) is 1. The summed E-state index contributed by atoms with van der Waals surface area (Å²) in [5.74, 6) is 0. The summed E-state index contributed by atoms with van der Waals surface area (Å²) in [4.78, 5) is 0. The van der Waals surface area contributed by atoms with Gasteiger partial charge in [0.25, 0.3) is 0 Å². The maximum absolute atomic E-state index is 4.93. The Balaban J connectivity index is 2.96. The summed E-state index contributed by atoms with van der Waals surface area (Å²) >= 11 is 6.66. The monoisotopic (exact) mass is 275 g/mol. The van der Waals surface area contributed by atoms with Crippen LogP contribution in [-0.4, -0.2) is 5.16 Å². The van der Waals surface area contributed by atoms with Gasteiger partial charge >= 0.3 is 0 Å². The fraction of sp³-hybridized carbons (Fsp3) is 0. The largest absolute Gasteiger partial charge is 0.348 e.